The summed E-state index contributed by atoms with van der Waals surface area (Å²) < 4.78 is 1.17. The van der Waals surface area contributed by atoms with E-state index in [4.69, 9.17) is 11.6 Å². The molecule has 29 heavy (non-hydrogen) atoms. The van der Waals surface area contributed by atoms with Crippen molar-refractivity contribution in [2.24, 2.45) is 0 Å². The highest BCUT2D eigenvalue weighted by molar-refractivity contribution is 7.99. The first-order chi connectivity index (χ1) is 14.1. The van der Waals surface area contributed by atoms with Crippen molar-refractivity contribution in [2.75, 3.05) is 5.32 Å². The predicted molar refractivity (Wildman–Crippen MR) is 117 cm³/mol. The highest BCUT2D eigenvalue weighted by Gasteiger charge is 2.11. The third kappa shape index (κ3) is 4.50. The molecule has 0 bridgehead atoms. The Morgan fingerprint density at radius 3 is 2.55 bits per heavy atom. The smallest absolute Gasteiger partial charge is 0.275 e. The van der Waals surface area contributed by atoms with Crippen LogP contribution in [0.3, 0.4) is 0 Å². The van der Waals surface area contributed by atoms with Gasteiger partial charge in [0.2, 0.25) is 5.91 Å². The number of rotatable bonds is 5. The molecule has 0 saturated carbocycles. The monoisotopic (exact) mass is 421 g/mol. The molecular weight excluding hydrogens is 406 g/mol. The third-order valence-electron chi connectivity index (χ3n) is 4.26. The van der Waals surface area contributed by atoms with Crippen LogP contribution >= 0.6 is 23.4 Å². The normalized spacial score (nSPS) is 10.8. The molecule has 1 heterocycles. The molecule has 7 heteroatoms. The summed E-state index contributed by atoms with van der Waals surface area (Å²) in [6.07, 6.45) is 1.59. The van der Waals surface area contributed by atoms with Crippen LogP contribution in [0.25, 0.3) is 10.8 Å². The van der Waals surface area contributed by atoms with Gasteiger partial charge < -0.3 is 5.32 Å². The lowest BCUT2D eigenvalue weighted by Crippen LogP contribution is -2.29. The fraction of sp³-hybridized carbons (Fsp3) is 0.0455. The average Bonchev–Trinajstić information content (AvgIpc) is 2.73. The largest absolute Gasteiger partial charge is 0.323 e. The number of amides is 1. The van der Waals surface area contributed by atoms with Crippen molar-refractivity contribution in [1.29, 1.82) is 0 Å². The fourth-order valence-corrected chi connectivity index (χ4v) is 3.88. The SMILES string of the molecule is O=C(Cn1ncc2ccccc2c1=O)Nc1ccccc1Sc1ccc(Cl)cc1. The summed E-state index contributed by atoms with van der Waals surface area (Å²) in [5.74, 6) is -0.320. The Kier molecular flexibility index (Phi) is 5.64. The Labute approximate surface area is 176 Å². The van der Waals surface area contributed by atoms with Crippen LogP contribution in [0.1, 0.15) is 0 Å². The lowest BCUT2D eigenvalue weighted by atomic mass is 10.2. The number of anilines is 1. The van der Waals surface area contributed by atoms with E-state index in [2.05, 4.69) is 10.4 Å². The van der Waals surface area contributed by atoms with Crippen molar-refractivity contribution < 1.29 is 4.79 Å². The lowest BCUT2D eigenvalue weighted by Gasteiger charge is -2.11. The first-order valence-corrected chi connectivity index (χ1v) is 10.1. The van der Waals surface area contributed by atoms with Crippen molar-refractivity contribution in [1.82, 2.24) is 9.78 Å². The number of fused-ring (bicyclic) bond motifs is 1. The minimum Gasteiger partial charge on any atom is -0.323 e. The zero-order valence-corrected chi connectivity index (χ0v) is 16.8. The van der Waals surface area contributed by atoms with E-state index in [9.17, 15) is 9.59 Å². The Morgan fingerprint density at radius 1 is 1.00 bits per heavy atom. The molecule has 0 radical (unpaired) electrons. The van der Waals surface area contributed by atoms with Crippen LogP contribution in [-0.2, 0) is 11.3 Å². The van der Waals surface area contributed by atoms with Gasteiger partial charge in [-0.25, -0.2) is 4.68 Å². The summed E-state index contributed by atoms with van der Waals surface area (Å²) in [7, 11) is 0. The van der Waals surface area contributed by atoms with Crippen molar-refractivity contribution in [3.05, 3.63) is 94.4 Å². The van der Waals surface area contributed by atoms with Gasteiger partial charge in [-0.2, -0.15) is 5.10 Å². The second-order valence-corrected chi connectivity index (χ2v) is 7.85. The topological polar surface area (TPSA) is 64.0 Å². The molecule has 1 aromatic heterocycles. The van der Waals surface area contributed by atoms with Gasteiger partial charge in [0.15, 0.2) is 0 Å². The van der Waals surface area contributed by atoms with Gasteiger partial charge in [-0.15, -0.1) is 0 Å². The molecule has 144 valence electrons. The number of hydrogen-bond donors (Lipinski definition) is 1. The summed E-state index contributed by atoms with van der Waals surface area (Å²) in [6.45, 7) is -0.163. The van der Waals surface area contributed by atoms with E-state index in [-0.39, 0.29) is 18.0 Å². The maximum absolute atomic E-state index is 12.6. The van der Waals surface area contributed by atoms with Gasteiger partial charge in [0.05, 0.1) is 17.3 Å². The fourth-order valence-electron chi connectivity index (χ4n) is 2.85. The lowest BCUT2D eigenvalue weighted by molar-refractivity contribution is -0.117. The molecule has 4 aromatic rings. The van der Waals surface area contributed by atoms with Crippen LogP contribution in [0.5, 0.6) is 0 Å². The van der Waals surface area contributed by atoms with Gasteiger partial charge in [0.1, 0.15) is 6.54 Å². The number of hydrogen-bond acceptors (Lipinski definition) is 4. The summed E-state index contributed by atoms with van der Waals surface area (Å²) in [5, 5.41) is 8.95. The molecular formula is C22H16ClN3O2S. The number of nitrogens with zero attached hydrogens (tertiary/aromatic N) is 2. The molecule has 0 aliphatic carbocycles. The van der Waals surface area contributed by atoms with Gasteiger partial charge in [0, 0.05) is 20.2 Å². The zero-order chi connectivity index (χ0) is 20.2. The highest BCUT2D eigenvalue weighted by atomic mass is 35.5. The van der Waals surface area contributed by atoms with Crippen LogP contribution in [0.2, 0.25) is 5.02 Å². The number of nitrogens with one attached hydrogen (secondary N) is 1. The molecule has 4 rings (SSSR count). The summed E-state index contributed by atoms with van der Waals surface area (Å²) in [5.41, 5.74) is 0.383. The van der Waals surface area contributed by atoms with E-state index in [1.807, 2.05) is 60.7 Å². The summed E-state index contributed by atoms with van der Waals surface area (Å²) >= 11 is 7.46. The minimum absolute atomic E-state index is 0.163. The van der Waals surface area contributed by atoms with Gasteiger partial charge in [-0.3, -0.25) is 9.59 Å². The Balaban J connectivity index is 1.53. The zero-order valence-electron chi connectivity index (χ0n) is 15.2. The minimum atomic E-state index is -0.320. The standard InChI is InChI=1S/C22H16ClN3O2S/c23-16-9-11-17(12-10-16)29-20-8-4-3-7-19(20)25-21(27)14-26-22(28)18-6-2-1-5-15(18)13-24-26/h1-13H,14H2,(H,25,27). The van der Waals surface area contributed by atoms with Crippen molar-refractivity contribution in [3.63, 3.8) is 0 Å². The number of carbonyl (C=O) groups excluding carboxylic acids is 1. The van der Waals surface area contributed by atoms with E-state index in [0.29, 0.717) is 16.1 Å². The Hall–Kier alpha value is -3.09. The van der Waals surface area contributed by atoms with E-state index in [0.717, 1.165) is 15.2 Å². The van der Waals surface area contributed by atoms with Gasteiger partial charge in [-0.1, -0.05) is 53.7 Å². The molecule has 3 aromatic carbocycles. The van der Waals surface area contributed by atoms with Gasteiger partial charge >= 0.3 is 0 Å². The second kappa shape index (κ2) is 8.51. The predicted octanol–water partition coefficient (Wildman–Crippen LogP) is 4.84. The summed E-state index contributed by atoms with van der Waals surface area (Å²) in [4.78, 5) is 27.0. The van der Waals surface area contributed by atoms with Crippen LogP contribution < -0.4 is 10.9 Å². The van der Waals surface area contributed by atoms with Crippen LogP contribution in [0.15, 0.2) is 93.6 Å². The molecule has 1 N–H and O–H groups in total. The molecule has 0 fully saturated rings. The second-order valence-electron chi connectivity index (χ2n) is 6.29. The van der Waals surface area contributed by atoms with Crippen molar-refractivity contribution >= 4 is 45.7 Å². The molecule has 1 amide bonds. The van der Waals surface area contributed by atoms with E-state index >= 15 is 0 Å². The van der Waals surface area contributed by atoms with Gasteiger partial charge in [-0.05, 0) is 42.5 Å². The number of benzene rings is 3. The van der Waals surface area contributed by atoms with Crippen LogP contribution in [0.4, 0.5) is 5.69 Å². The summed E-state index contributed by atoms with van der Waals surface area (Å²) in [6, 6.07) is 22.2. The van der Waals surface area contributed by atoms with E-state index in [1.54, 1.807) is 18.3 Å². The number of aromatic nitrogens is 2. The van der Waals surface area contributed by atoms with Crippen molar-refractivity contribution in [2.45, 2.75) is 16.3 Å². The Morgan fingerprint density at radius 2 is 1.72 bits per heavy atom. The first-order valence-electron chi connectivity index (χ1n) is 8.87. The quantitative estimate of drug-likeness (QED) is 0.500. The molecule has 0 aliphatic heterocycles. The molecule has 0 atom stereocenters. The maximum Gasteiger partial charge on any atom is 0.275 e. The molecule has 0 spiro atoms. The maximum atomic E-state index is 12.6. The van der Waals surface area contributed by atoms with E-state index < -0.39 is 0 Å². The number of halogens is 1. The number of para-hydroxylation sites is 1. The Bertz CT molecular complexity index is 1240. The first kappa shape index (κ1) is 19.2. The van der Waals surface area contributed by atoms with Crippen LogP contribution in [0, 0.1) is 0 Å². The van der Waals surface area contributed by atoms with Gasteiger partial charge in [0.25, 0.3) is 5.56 Å². The third-order valence-corrected chi connectivity index (χ3v) is 5.59. The number of carbonyl (C=O) groups is 1. The highest BCUT2D eigenvalue weighted by Crippen LogP contribution is 2.33. The molecule has 0 saturated heterocycles. The van der Waals surface area contributed by atoms with Crippen LogP contribution in [-0.4, -0.2) is 15.7 Å². The average molecular weight is 422 g/mol. The molecule has 5 nitrogen and oxygen atoms in total. The molecule has 0 unspecified atom stereocenters. The molecule has 0 aliphatic rings. The van der Waals surface area contributed by atoms with E-state index in [1.165, 1.54) is 16.4 Å². The van der Waals surface area contributed by atoms with Crippen molar-refractivity contribution in [3.8, 4) is 0 Å².